The van der Waals surface area contributed by atoms with Crippen LogP contribution in [-0.2, 0) is 9.53 Å². The van der Waals surface area contributed by atoms with Gasteiger partial charge in [-0.3, -0.25) is 10.1 Å². The number of anilines is 1. The Balaban J connectivity index is 1.85. The number of benzene rings is 2. The minimum Gasteiger partial charge on any atom is -0.402 e. The summed E-state index contributed by atoms with van der Waals surface area (Å²) in [6.07, 6.45) is 1.64. The van der Waals surface area contributed by atoms with Crippen LogP contribution in [0, 0.1) is 10.1 Å². The van der Waals surface area contributed by atoms with Gasteiger partial charge in [-0.05, 0) is 35.9 Å². The van der Waals surface area contributed by atoms with E-state index in [0.717, 1.165) is 11.3 Å². The molecule has 0 aromatic heterocycles. The van der Waals surface area contributed by atoms with E-state index < -0.39 is 10.9 Å². The quantitative estimate of drug-likeness (QED) is 0.370. The molecule has 1 aliphatic heterocycles. The number of aliphatic imine (C=N–C) groups is 1. The highest BCUT2D eigenvalue weighted by atomic mass is 16.6. The smallest absolute Gasteiger partial charge is 0.363 e. The number of non-ortho nitro benzene ring substituents is 1. The van der Waals surface area contributed by atoms with Gasteiger partial charge in [0.1, 0.15) is 0 Å². The highest BCUT2D eigenvalue weighted by molar-refractivity contribution is 6.12. The predicted octanol–water partition coefficient (Wildman–Crippen LogP) is 3.01. The maximum absolute atomic E-state index is 12.0. The molecular formula is C18H15N3O4. The first-order valence-corrected chi connectivity index (χ1v) is 7.49. The molecule has 0 saturated carbocycles. The molecule has 0 saturated heterocycles. The fourth-order valence-corrected chi connectivity index (χ4v) is 2.28. The van der Waals surface area contributed by atoms with E-state index >= 15 is 0 Å². The summed E-state index contributed by atoms with van der Waals surface area (Å²) < 4.78 is 5.16. The van der Waals surface area contributed by atoms with Crippen LogP contribution in [0.5, 0.6) is 0 Å². The van der Waals surface area contributed by atoms with Crippen molar-refractivity contribution in [2.45, 2.75) is 0 Å². The number of rotatable bonds is 4. The van der Waals surface area contributed by atoms with E-state index in [1.807, 2.05) is 43.3 Å². The van der Waals surface area contributed by atoms with Gasteiger partial charge in [0.05, 0.1) is 4.92 Å². The first-order valence-electron chi connectivity index (χ1n) is 7.49. The van der Waals surface area contributed by atoms with Crippen LogP contribution in [0.1, 0.15) is 11.1 Å². The average molecular weight is 337 g/mol. The zero-order chi connectivity index (χ0) is 18.0. The predicted molar refractivity (Wildman–Crippen MR) is 94.5 cm³/mol. The molecule has 7 nitrogen and oxygen atoms in total. The van der Waals surface area contributed by atoms with E-state index in [2.05, 4.69) is 4.99 Å². The van der Waals surface area contributed by atoms with Crippen molar-refractivity contribution in [1.82, 2.24) is 0 Å². The first-order chi connectivity index (χ1) is 11.9. The summed E-state index contributed by atoms with van der Waals surface area (Å²) in [7, 11) is 3.89. The standard InChI is InChI=1S/C18H15N3O4/c1-20(2)14-7-3-12(4-8-14)11-16-18(22)25-17(19-16)13-5-9-15(10-6-13)21(23)24/h3-11H,1-2H3/b16-11-. The molecule has 2 aromatic carbocycles. The van der Waals surface area contributed by atoms with Crippen LogP contribution < -0.4 is 4.90 Å². The Kier molecular flexibility index (Phi) is 4.30. The summed E-state index contributed by atoms with van der Waals surface area (Å²) in [5, 5.41) is 10.7. The van der Waals surface area contributed by atoms with Crippen LogP contribution in [0.25, 0.3) is 6.08 Å². The molecule has 0 aliphatic carbocycles. The van der Waals surface area contributed by atoms with Crippen molar-refractivity contribution >= 4 is 29.3 Å². The Labute approximate surface area is 144 Å². The van der Waals surface area contributed by atoms with Crippen molar-refractivity contribution in [3.05, 3.63) is 75.5 Å². The molecule has 1 aliphatic rings. The second-order valence-electron chi connectivity index (χ2n) is 5.63. The van der Waals surface area contributed by atoms with Crippen LogP contribution >= 0.6 is 0 Å². The number of hydrogen-bond acceptors (Lipinski definition) is 6. The third-order valence-electron chi connectivity index (χ3n) is 3.66. The van der Waals surface area contributed by atoms with Crippen molar-refractivity contribution in [3.8, 4) is 0 Å². The molecule has 2 aromatic rings. The molecule has 7 heteroatoms. The van der Waals surface area contributed by atoms with Crippen LogP contribution in [0.15, 0.2) is 59.2 Å². The second kappa shape index (κ2) is 6.56. The zero-order valence-electron chi connectivity index (χ0n) is 13.7. The maximum Gasteiger partial charge on any atom is 0.363 e. The number of carbonyl (C=O) groups excluding carboxylic acids is 1. The molecule has 0 atom stereocenters. The van der Waals surface area contributed by atoms with Gasteiger partial charge in [0, 0.05) is 37.5 Å². The summed E-state index contributed by atoms with van der Waals surface area (Å²) in [4.78, 5) is 28.4. The highest BCUT2D eigenvalue weighted by Crippen LogP contribution is 2.21. The molecule has 126 valence electrons. The lowest BCUT2D eigenvalue weighted by Crippen LogP contribution is -2.08. The molecule has 3 rings (SSSR count). The van der Waals surface area contributed by atoms with Gasteiger partial charge in [-0.15, -0.1) is 0 Å². The van der Waals surface area contributed by atoms with Gasteiger partial charge in [0.2, 0.25) is 5.90 Å². The third kappa shape index (κ3) is 3.55. The number of esters is 1. The lowest BCUT2D eigenvalue weighted by molar-refractivity contribution is -0.384. The molecule has 0 N–H and O–H groups in total. The van der Waals surface area contributed by atoms with Crippen molar-refractivity contribution in [1.29, 1.82) is 0 Å². The number of nitro benzene ring substituents is 1. The number of nitro groups is 1. The average Bonchev–Trinajstić information content (AvgIpc) is 2.96. The highest BCUT2D eigenvalue weighted by Gasteiger charge is 2.24. The number of hydrogen-bond donors (Lipinski definition) is 0. The Bertz CT molecular complexity index is 882. The maximum atomic E-state index is 12.0. The lowest BCUT2D eigenvalue weighted by Gasteiger charge is -2.11. The van der Waals surface area contributed by atoms with Gasteiger partial charge in [-0.2, -0.15) is 0 Å². The normalized spacial score (nSPS) is 15.0. The number of cyclic esters (lactones) is 1. The molecule has 0 unspecified atom stereocenters. The topological polar surface area (TPSA) is 85.0 Å². The first kappa shape index (κ1) is 16.4. The van der Waals surface area contributed by atoms with E-state index in [1.54, 1.807) is 6.08 Å². The Morgan fingerprint density at radius 1 is 1.08 bits per heavy atom. The summed E-state index contributed by atoms with van der Waals surface area (Å²) >= 11 is 0. The SMILES string of the molecule is CN(C)c1ccc(/C=C2\N=C(c3ccc([N+](=O)[O-])cc3)OC2=O)cc1. The molecule has 0 spiro atoms. The fraction of sp³-hybridized carbons (Fsp3) is 0.111. The van der Waals surface area contributed by atoms with Gasteiger partial charge in [0.25, 0.3) is 5.69 Å². The van der Waals surface area contributed by atoms with Crippen LogP contribution in [0.4, 0.5) is 11.4 Å². The summed E-state index contributed by atoms with van der Waals surface area (Å²) in [5.41, 5.74) is 2.53. The Hall–Kier alpha value is -3.48. The number of nitrogens with zero attached hydrogens (tertiary/aromatic N) is 3. The van der Waals surface area contributed by atoms with Gasteiger partial charge in [0.15, 0.2) is 5.70 Å². The van der Waals surface area contributed by atoms with Crippen LogP contribution in [0.3, 0.4) is 0 Å². The molecule has 1 heterocycles. The fourth-order valence-electron chi connectivity index (χ4n) is 2.28. The molecule has 0 radical (unpaired) electrons. The minimum absolute atomic E-state index is 0.0366. The van der Waals surface area contributed by atoms with Crippen molar-refractivity contribution in [2.75, 3.05) is 19.0 Å². The number of carbonyl (C=O) groups is 1. The Morgan fingerprint density at radius 2 is 1.72 bits per heavy atom. The van der Waals surface area contributed by atoms with E-state index in [0.29, 0.717) is 5.56 Å². The van der Waals surface area contributed by atoms with E-state index in [9.17, 15) is 14.9 Å². The molecule has 0 fully saturated rings. The second-order valence-corrected chi connectivity index (χ2v) is 5.63. The summed E-state index contributed by atoms with van der Waals surface area (Å²) in [6, 6.07) is 13.3. The van der Waals surface area contributed by atoms with Crippen molar-refractivity contribution < 1.29 is 14.5 Å². The minimum atomic E-state index is -0.551. The Morgan fingerprint density at radius 3 is 2.28 bits per heavy atom. The van der Waals surface area contributed by atoms with E-state index in [-0.39, 0.29) is 17.3 Å². The molecule has 0 amide bonds. The van der Waals surface area contributed by atoms with Crippen LogP contribution in [0.2, 0.25) is 0 Å². The van der Waals surface area contributed by atoms with Crippen LogP contribution in [-0.4, -0.2) is 30.9 Å². The monoisotopic (exact) mass is 337 g/mol. The largest absolute Gasteiger partial charge is 0.402 e. The number of ether oxygens (including phenoxy) is 1. The summed E-state index contributed by atoms with van der Waals surface area (Å²) in [5.74, 6) is -0.416. The third-order valence-corrected chi connectivity index (χ3v) is 3.66. The van der Waals surface area contributed by atoms with Crippen molar-refractivity contribution in [3.63, 3.8) is 0 Å². The zero-order valence-corrected chi connectivity index (χ0v) is 13.7. The molecule has 25 heavy (non-hydrogen) atoms. The van der Waals surface area contributed by atoms with Gasteiger partial charge in [-0.1, -0.05) is 12.1 Å². The summed E-state index contributed by atoms with van der Waals surface area (Å²) in [6.45, 7) is 0. The lowest BCUT2D eigenvalue weighted by atomic mass is 10.1. The van der Waals surface area contributed by atoms with E-state index in [1.165, 1.54) is 24.3 Å². The van der Waals surface area contributed by atoms with E-state index in [4.69, 9.17) is 4.74 Å². The molecule has 0 bridgehead atoms. The van der Waals surface area contributed by atoms with Gasteiger partial charge in [-0.25, -0.2) is 9.79 Å². The van der Waals surface area contributed by atoms with Crippen molar-refractivity contribution in [2.24, 2.45) is 4.99 Å². The van der Waals surface area contributed by atoms with Gasteiger partial charge < -0.3 is 9.64 Å². The van der Waals surface area contributed by atoms with Gasteiger partial charge >= 0.3 is 5.97 Å². The molecular weight excluding hydrogens is 322 g/mol.